The lowest BCUT2D eigenvalue weighted by Gasteiger charge is -2.05. The molecule has 2 N–H and O–H groups in total. The lowest BCUT2D eigenvalue weighted by molar-refractivity contribution is 0.852. The number of nitrogen functional groups attached to an aromatic ring is 1. The van der Waals surface area contributed by atoms with Crippen molar-refractivity contribution in [3.05, 3.63) is 46.9 Å². The zero-order valence-electron chi connectivity index (χ0n) is 8.63. The smallest absolute Gasteiger partial charge is 0.0905 e. The average Bonchev–Trinajstić information content (AvgIpc) is 2.90. The maximum Gasteiger partial charge on any atom is 0.0905 e. The molecule has 3 aromatic heterocycles. The third-order valence-electron chi connectivity index (χ3n) is 2.59. The van der Waals surface area contributed by atoms with Gasteiger partial charge in [-0.15, -0.1) is 11.3 Å². The summed E-state index contributed by atoms with van der Waals surface area (Å²) in [5.74, 6) is 0. The topological polar surface area (TPSA) is 43.8 Å². The van der Waals surface area contributed by atoms with Crippen LogP contribution >= 0.6 is 11.3 Å². The Balaban J connectivity index is 2.10. The molecule has 3 aromatic rings. The van der Waals surface area contributed by atoms with E-state index < -0.39 is 0 Å². The van der Waals surface area contributed by atoms with E-state index in [1.54, 1.807) is 17.5 Å². The monoisotopic (exact) mass is 229 g/mol. The van der Waals surface area contributed by atoms with Gasteiger partial charge in [0.1, 0.15) is 0 Å². The van der Waals surface area contributed by atoms with Gasteiger partial charge in [-0.1, -0.05) is 6.07 Å². The fourth-order valence-electron chi connectivity index (χ4n) is 1.86. The second-order valence-electron chi connectivity index (χ2n) is 3.66. The van der Waals surface area contributed by atoms with Gasteiger partial charge in [-0.25, -0.2) is 0 Å². The summed E-state index contributed by atoms with van der Waals surface area (Å²) in [5.41, 5.74) is 8.74. The maximum atomic E-state index is 5.97. The van der Waals surface area contributed by atoms with Crippen LogP contribution in [-0.2, 0) is 6.54 Å². The number of rotatable bonds is 2. The van der Waals surface area contributed by atoms with Gasteiger partial charge < -0.3 is 10.3 Å². The maximum absolute atomic E-state index is 5.97. The molecule has 0 bridgehead atoms. The van der Waals surface area contributed by atoms with E-state index in [-0.39, 0.29) is 0 Å². The van der Waals surface area contributed by atoms with Crippen LogP contribution in [0.2, 0.25) is 0 Å². The molecule has 3 nitrogen and oxygen atoms in total. The zero-order valence-corrected chi connectivity index (χ0v) is 9.45. The largest absolute Gasteiger partial charge is 0.397 e. The predicted molar refractivity (Wildman–Crippen MR) is 67.6 cm³/mol. The number of aromatic nitrogens is 2. The molecule has 0 aliphatic carbocycles. The van der Waals surface area contributed by atoms with Crippen LogP contribution in [0.4, 0.5) is 5.69 Å². The van der Waals surface area contributed by atoms with Crippen molar-refractivity contribution in [2.24, 2.45) is 0 Å². The fourth-order valence-corrected chi connectivity index (χ4v) is 2.56. The Bertz CT molecular complexity index is 610. The molecule has 0 unspecified atom stereocenters. The third-order valence-corrected chi connectivity index (χ3v) is 3.45. The minimum absolute atomic E-state index is 0.784. The minimum atomic E-state index is 0.784. The van der Waals surface area contributed by atoms with Gasteiger partial charge in [-0.05, 0) is 23.6 Å². The molecule has 0 radical (unpaired) electrons. The highest BCUT2D eigenvalue weighted by atomic mass is 32.1. The van der Waals surface area contributed by atoms with Crippen molar-refractivity contribution in [1.29, 1.82) is 0 Å². The van der Waals surface area contributed by atoms with Crippen LogP contribution in [0.1, 0.15) is 4.88 Å². The molecular formula is C12H11N3S. The first-order valence-electron chi connectivity index (χ1n) is 5.06. The quantitative estimate of drug-likeness (QED) is 0.734. The number of thiophene rings is 1. The SMILES string of the molecule is Nc1ccnc2ccn(Cc3cccs3)c12. The van der Waals surface area contributed by atoms with Gasteiger partial charge >= 0.3 is 0 Å². The second-order valence-corrected chi connectivity index (χ2v) is 4.69. The zero-order chi connectivity index (χ0) is 11.0. The summed E-state index contributed by atoms with van der Waals surface area (Å²) in [4.78, 5) is 5.61. The van der Waals surface area contributed by atoms with Gasteiger partial charge in [0, 0.05) is 17.3 Å². The van der Waals surface area contributed by atoms with Crippen molar-refractivity contribution in [3.8, 4) is 0 Å². The summed E-state index contributed by atoms with van der Waals surface area (Å²) in [5, 5.41) is 2.09. The molecule has 0 amide bonds. The molecule has 0 aliphatic rings. The van der Waals surface area contributed by atoms with Gasteiger partial charge in [0.25, 0.3) is 0 Å². The number of anilines is 1. The number of nitrogens with two attached hydrogens (primary N) is 1. The van der Waals surface area contributed by atoms with Gasteiger partial charge in [0.15, 0.2) is 0 Å². The first-order valence-corrected chi connectivity index (χ1v) is 5.94. The molecule has 0 aliphatic heterocycles. The Kier molecular flexibility index (Phi) is 2.15. The summed E-state index contributed by atoms with van der Waals surface area (Å²) in [6.45, 7) is 0.858. The number of hydrogen-bond donors (Lipinski definition) is 1. The van der Waals surface area contributed by atoms with Gasteiger partial charge in [-0.2, -0.15) is 0 Å². The van der Waals surface area contributed by atoms with E-state index in [9.17, 15) is 0 Å². The highest BCUT2D eigenvalue weighted by molar-refractivity contribution is 7.09. The summed E-state index contributed by atoms with van der Waals surface area (Å²) < 4.78 is 2.14. The van der Waals surface area contributed by atoms with Gasteiger partial charge in [-0.3, -0.25) is 4.98 Å². The third kappa shape index (κ3) is 1.47. The number of pyridine rings is 1. The van der Waals surface area contributed by atoms with Crippen LogP contribution in [-0.4, -0.2) is 9.55 Å². The molecule has 3 rings (SSSR count). The van der Waals surface area contributed by atoms with E-state index in [0.717, 1.165) is 23.3 Å². The van der Waals surface area contributed by atoms with Gasteiger partial charge in [0.2, 0.25) is 0 Å². The van der Waals surface area contributed by atoms with E-state index in [0.29, 0.717) is 0 Å². The summed E-state index contributed by atoms with van der Waals surface area (Å²) in [7, 11) is 0. The van der Waals surface area contributed by atoms with Crippen LogP contribution in [0.3, 0.4) is 0 Å². The highest BCUT2D eigenvalue weighted by Gasteiger charge is 2.05. The fraction of sp³-hybridized carbons (Fsp3) is 0.0833. The molecule has 0 spiro atoms. The average molecular weight is 229 g/mol. The molecule has 0 fully saturated rings. The van der Waals surface area contributed by atoms with E-state index >= 15 is 0 Å². The Morgan fingerprint density at radius 1 is 1.31 bits per heavy atom. The summed E-state index contributed by atoms with van der Waals surface area (Å²) in [6, 6.07) is 8.03. The van der Waals surface area contributed by atoms with Crippen molar-refractivity contribution in [2.75, 3.05) is 5.73 Å². The van der Waals surface area contributed by atoms with Crippen LogP contribution < -0.4 is 5.73 Å². The number of hydrogen-bond acceptors (Lipinski definition) is 3. The number of fused-ring (bicyclic) bond motifs is 1. The normalized spacial score (nSPS) is 11.0. The lowest BCUT2D eigenvalue weighted by Crippen LogP contribution is -1.99. The Hall–Kier alpha value is -1.81. The Labute approximate surface area is 97.2 Å². The lowest BCUT2D eigenvalue weighted by atomic mass is 10.3. The summed E-state index contributed by atoms with van der Waals surface area (Å²) >= 11 is 1.75. The first kappa shape index (κ1) is 9.42. The van der Waals surface area contributed by atoms with E-state index in [4.69, 9.17) is 5.73 Å². The molecule has 4 heteroatoms. The standard InChI is InChI=1S/C12H11N3S/c13-10-3-5-14-11-4-6-15(12(10)11)8-9-2-1-7-16-9/h1-7H,8H2,(H2,13,14). The molecule has 0 aromatic carbocycles. The Morgan fingerprint density at radius 3 is 3.06 bits per heavy atom. The van der Waals surface area contributed by atoms with Gasteiger partial charge in [0.05, 0.1) is 23.3 Å². The van der Waals surface area contributed by atoms with Crippen molar-refractivity contribution in [1.82, 2.24) is 9.55 Å². The van der Waals surface area contributed by atoms with Crippen molar-refractivity contribution >= 4 is 28.1 Å². The van der Waals surface area contributed by atoms with Crippen LogP contribution in [0.15, 0.2) is 42.0 Å². The predicted octanol–water partition coefficient (Wildman–Crippen LogP) is 2.73. The van der Waals surface area contributed by atoms with Crippen LogP contribution in [0, 0.1) is 0 Å². The van der Waals surface area contributed by atoms with E-state index in [1.165, 1.54) is 4.88 Å². The van der Waals surface area contributed by atoms with Crippen molar-refractivity contribution < 1.29 is 0 Å². The van der Waals surface area contributed by atoms with Crippen molar-refractivity contribution in [2.45, 2.75) is 6.54 Å². The molecule has 0 atom stereocenters. The molecule has 0 saturated carbocycles. The Morgan fingerprint density at radius 2 is 2.25 bits per heavy atom. The molecule has 3 heterocycles. The molecule has 80 valence electrons. The van der Waals surface area contributed by atoms with E-state index in [1.807, 2.05) is 18.3 Å². The number of nitrogens with zero attached hydrogens (tertiary/aromatic N) is 2. The molecule has 0 saturated heterocycles. The first-order chi connectivity index (χ1) is 7.84. The van der Waals surface area contributed by atoms with Crippen molar-refractivity contribution in [3.63, 3.8) is 0 Å². The minimum Gasteiger partial charge on any atom is -0.397 e. The molecule has 16 heavy (non-hydrogen) atoms. The van der Waals surface area contributed by atoms with Crippen LogP contribution in [0.25, 0.3) is 11.0 Å². The van der Waals surface area contributed by atoms with E-state index in [2.05, 4.69) is 27.1 Å². The molecular weight excluding hydrogens is 218 g/mol. The highest BCUT2D eigenvalue weighted by Crippen LogP contribution is 2.22. The summed E-state index contributed by atoms with van der Waals surface area (Å²) in [6.07, 6.45) is 3.78. The second kappa shape index (κ2) is 3.64. The van der Waals surface area contributed by atoms with Crippen LogP contribution in [0.5, 0.6) is 0 Å².